The summed E-state index contributed by atoms with van der Waals surface area (Å²) >= 11 is 18.7. The number of likely N-dealkylation sites (tertiary alicyclic amines) is 1. The molecule has 0 N–H and O–H groups in total. The van der Waals surface area contributed by atoms with Gasteiger partial charge in [-0.2, -0.15) is 0 Å². The molecule has 0 amide bonds. The summed E-state index contributed by atoms with van der Waals surface area (Å²) in [6.07, 6.45) is 4.82. The number of benzene rings is 3. The van der Waals surface area contributed by atoms with E-state index in [1.165, 1.54) is 48.8 Å². The van der Waals surface area contributed by atoms with Crippen molar-refractivity contribution in [3.05, 3.63) is 87.4 Å². The lowest BCUT2D eigenvalue weighted by atomic mass is 10.1. The minimum atomic E-state index is -4.00. The van der Waals surface area contributed by atoms with Gasteiger partial charge in [-0.3, -0.25) is 4.31 Å². The predicted octanol–water partition coefficient (Wildman–Crippen LogP) is 7.44. The van der Waals surface area contributed by atoms with Gasteiger partial charge in [0, 0.05) is 22.0 Å². The van der Waals surface area contributed by atoms with Crippen LogP contribution >= 0.6 is 34.8 Å². The molecule has 0 unspecified atom stereocenters. The van der Waals surface area contributed by atoms with Crippen LogP contribution in [-0.4, -0.2) is 46.2 Å². The number of sulfonamides is 1. The first kappa shape index (κ1) is 28.1. The summed E-state index contributed by atoms with van der Waals surface area (Å²) in [5.41, 5.74) is 1.02. The lowest BCUT2D eigenvalue weighted by Crippen LogP contribution is -2.48. The number of hydrogen-bond acceptors (Lipinski definition) is 3. The average Bonchev–Trinajstić information content (AvgIpc) is 2.88. The summed E-state index contributed by atoms with van der Waals surface area (Å²) in [5, 5.41) is 1.11. The Balaban J connectivity index is 1.58. The second-order valence-corrected chi connectivity index (χ2v) is 12.9. The second kappa shape index (κ2) is 12.3. The van der Waals surface area contributed by atoms with Gasteiger partial charge in [0.15, 0.2) is 0 Å². The third-order valence-corrected chi connectivity index (χ3v) is 9.44. The molecule has 1 heterocycles. The minimum absolute atomic E-state index is 0.0228. The van der Waals surface area contributed by atoms with Crippen LogP contribution in [0.25, 0.3) is 0 Å². The van der Waals surface area contributed by atoms with E-state index in [0.29, 0.717) is 28.1 Å². The van der Waals surface area contributed by atoms with Crippen molar-refractivity contribution in [3.8, 4) is 5.75 Å². The van der Waals surface area contributed by atoms with E-state index in [0.717, 1.165) is 23.0 Å². The first-order valence-electron chi connectivity index (χ1n) is 12.5. The van der Waals surface area contributed by atoms with E-state index < -0.39 is 10.0 Å². The molecule has 0 spiro atoms. The molecular weight excluding hydrogens is 551 g/mol. The zero-order valence-electron chi connectivity index (χ0n) is 20.9. The molecule has 0 aliphatic carbocycles. The first-order valence-corrected chi connectivity index (χ1v) is 15.0. The number of halogens is 3. The molecule has 9 heteroatoms. The molecule has 1 aliphatic rings. The Labute approximate surface area is 235 Å². The standard InChI is InChI=1S/C28H32Cl3N2O3S/c1-33(16-5-2-6-17-33)18-7-19-36-28-9-4-3-8-22(28)21-32(27-20-24(30)12-15-26(27)31)37(34,35)25-13-10-23(29)11-14-25/h3-4,8-15,20H,2,5-7,16-19,21H2,1H3/q+1. The number of ether oxygens (including phenoxy) is 1. The highest BCUT2D eigenvalue weighted by Gasteiger charge is 2.28. The largest absolute Gasteiger partial charge is 0.493 e. The summed E-state index contributed by atoms with van der Waals surface area (Å²) in [7, 11) is -1.68. The molecule has 198 valence electrons. The first-order chi connectivity index (χ1) is 17.7. The molecule has 0 radical (unpaired) electrons. The quantitative estimate of drug-likeness (QED) is 0.184. The van der Waals surface area contributed by atoms with E-state index in [4.69, 9.17) is 39.5 Å². The lowest BCUT2D eigenvalue weighted by molar-refractivity contribution is -0.914. The molecule has 1 aliphatic heterocycles. The minimum Gasteiger partial charge on any atom is -0.493 e. The maximum Gasteiger partial charge on any atom is 0.264 e. The molecule has 5 nitrogen and oxygen atoms in total. The van der Waals surface area contributed by atoms with Gasteiger partial charge in [-0.1, -0.05) is 53.0 Å². The molecule has 3 aromatic carbocycles. The van der Waals surface area contributed by atoms with E-state index in [1.807, 2.05) is 24.3 Å². The van der Waals surface area contributed by atoms with Gasteiger partial charge in [0.2, 0.25) is 0 Å². The van der Waals surface area contributed by atoms with Gasteiger partial charge in [-0.25, -0.2) is 8.42 Å². The van der Waals surface area contributed by atoms with Crippen molar-refractivity contribution in [1.29, 1.82) is 0 Å². The summed E-state index contributed by atoms with van der Waals surface area (Å²) in [6, 6.07) is 18.4. The molecule has 0 bridgehead atoms. The number of piperidine rings is 1. The van der Waals surface area contributed by atoms with Crippen LogP contribution in [0.4, 0.5) is 5.69 Å². The van der Waals surface area contributed by atoms with Crippen LogP contribution in [0, 0.1) is 0 Å². The zero-order chi connectivity index (χ0) is 26.5. The average molecular weight is 583 g/mol. The fourth-order valence-corrected chi connectivity index (χ4v) is 6.78. The fraction of sp³-hybridized carbons (Fsp3) is 0.357. The van der Waals surface area contributed by atoms with Gasteiger partial charge >= 0.3 is 0 Å². The fourth-order valence-electron chi connectivity index (χ4n) is 4.77. The van der Waals surface area contributed by atoms with Crippen LogP contribution in [0.5, 0.6) is 5.75 Å². The van der Waals surface area contributed by atoms with Crippen LogP contribution in [0.15, 0.2) is 71.6 Å². The number of anilines is 1. The summed E-state index contributed by atoms with van der Waals surface area (Å²) in [5.74, 6) is 0.651. The number of quaternary nitrogens is 1. The molecule has 0 aromatic heterocycles. The van der Waals surface area contributed by atoms with E-state index >= 15 is 0 Å². The second-order valence-electron chi connectivity index (χ2n) is 9.72. The maximum atomic E-state index is 13.8. The number of nitrogens with zero attached hydrogens (tertiary/aromatic N) is 2. The Morgan fingerprint density at radius 1 is 0.892 bits per heavy atom. The topological polar surface area (TPSA) is 46.6 Å². The van der Waals surface area contributed by atoms with Crippen LogP contribution in [0.2, 0.25) is 15.1 Å². The molecule has 1 fully saturated rings. The molecule has 1 saturated heterocycles. The van der Waals surface area contributed by atoms with Crippen molar-refractivity contribution in [1.82, 2.24) is 0 Å². The van der Waals surface area contributed by atoms with Gasteiger partial charge in [0.05, 0.1) is 55.4 Å². The Bertz CT molecular complexity index is 1310. The Morgan fingerprint density at radius 2 is 1.57 bits per heavy atom. The molecule has 0 saturated carbocycles. The van der Waals surface area contributed by atoms with Crippen molar-refractivity contribution in [3.63, 3.8) is 0 Å². The van der Waals surface area contributed by atoms with Gasteiger partial charge in [0.25, 0.3) is 10.0 Å². The van der Waals surface area contributed by atoms with Crippen LogP contribution < -0.4 is 9.04 Å². The Hall–Kier alpha value is -1.96. The SMILES string of the molecule is C[N+]1(CCCOc2ccccc2CN(c2cc(Cl)ccc2Cl)S(=O)(=O)c2ccc(Cl)cc2)CCCCC1. The van der Waals surface area contributed by atoms with Crippen LogP contribution in [-0.2, 0) is 16.6 Å². The van der Waals surface area contributed by atoms with Gasteiger partial charge in [0.1, 0.15) is 5.75 Å². The summed E-state index contributed by atoms with van der Waals surface area (Å²) in [4.78, 5) is 0.102. The van der Waals surface area contributed by atoms with Crippen molar-refractivity contribution >= 4 is 50.5 Å². The molecular formula is C28H32Cl3N2O3S+. The van der Waals surface area contributed by atoms with Gasteiger partial charge in [-0.15, -0.1) is 0 Å². The van der Waals surface area contributed by atoms with E-state index in [-0.39, 0.29) is 16.5 Å². The van der Waals surface area contributed by atoms with Crippen molar-refractivity contribution in [2.75, 3.05) is 37.6 Å². The third-order valence-electron chi connectivity index (χ3n) is 6.86. The van der Waals surface area contributed by atoms with Crippen molar-refractivity contribution in [2.45, 2.75) is 37.1 Å². The number of para-hydroxylation sites is 1. The van der Waals surface area contributed by atoms with Gasteiger partial charge in [-0.05, 0) is 67.8 Å². The Kier molecular flexibility index (Phi) is 9.30. The van der Waals surface area contributed by atoms with E-state index in [9.17, 15) is 8.42 Å². The van der Waals surface area contributed by atoms with Crippen molar-refractivity contribution < 1.29 is 17.6 Å². The van der Waals surface area contributed by atoms with E-state index in [1.54, 1.807) is 30.3 Å². The highest BCUT2D eigenvalue weighted by molar-refractivity contribution is 7.92. The van der Waals surface area contributed by atoms with Crippen LogP contribution in [0.1, 0.15) is 31.2 Å². The summed E-state index contributed by atoms with van der Waals surface area (Å²) < 4.78 is 36.2. The molecule has 0 atom stereocenters. The monoisotopic (exact) mass is 581 g/mol. The van der Waals surface area contributed by atoms with Crippen molar-refractivity contribution in [2.24, 2.45) is 0 Å². The molecule has 3 aromatic rings. The third kappa shape index (κ3) is 7.12. The number of rotatable bonds is 10. The lowest BCUT2D eigenvalue weighted by Gasteiger charge is -2.37. The smallest absolute Gasteiger partial charge is 0.264 e. The van der Waals surface area contributed by atoms with Crippen LogP contribution in [0.3, 0.4) is 0 Å². The Morgan fingerprint density at radius 3 is 2.30 bits per heavy atom. The normalized spacial score (nSPS) is 15.4. The predicted molar refractivity (Wildman–Crippen MR) is 152 cm³/mol. The molecule has 4 rings (SSSR count). The maximum absolute atomic E-state index is 13.8. The van der Waals surface area contributed by atoms with Gasteiger partial charge < -0.3 is 9.22 Å². The molecule has 37 heavy (non-hydrogen) atoms. The zero-order valence-corrected chi connectivity index (χ0v) is 24.0. The summed E-state index contributed by atoms with van der Waals surface area (Å²) in [6.45, 7) is 4.09. The highest BCUT2D eigenvalue weighted by atomic mass is 35.5. The highest BCUT2D eigenvalue weighted by Crippen LogP contribution is 2.35. The van der Waals surface area contributed by atoms with E-state index in [2.05, 4.69) is 7.05 Å². The number of hydrogen-bond donors (Lipinski definition) is 0.